The van der Waals surface area contributed by atoms with E-state index in [1.165, 1.54) is 11.8 Å². The van der Waals surface area contributed by atoms with Gasteiger partial charge in [-0.25, -0.2) is 0 Å². The van der Waals surface area contributed by atoms with Crippen molar-refractivity contribution in [3.8, 4) is 0 Å². The van der Waals surface area contributed by atoms with Crippen LogP contribution in [0.15, 0.2) is 84.3 Å². The SMILES string of the molecule is C=C(C(=C)c1ccccc1)C(=O)Sc1ccccc1. The molecule has 2 aromatic rings. The molecule has 0 atom stereocenters. The zero-order valence-electron chi connectivity index (χ0n) is 10.5. The zero-order valence-corrected chi connectivity index (χ0v) is 11.3. The highest BCUT2D eigenvalue weighted by Crippen LogP contribution is 2.28. The summed E-state index contributed by atoms with van der Waals surface area (Å²) in [6.45, 7) is 7.81. The number of carbonyl (C=O) groups excluding carboxylic acids is 1. The van der Waals surface area contributed by atoms with Crippen molar-refractivity contribution in [1.29, 1.82) is 0 Å². The van der Waals surface area contributed by atoms with Crippen LogP contribution in [0.2, 0.25) is 0 Å². The van der Waals surface area contributed by atoms with Crippen molar-refractivity contribution in [1.82, 2.24) is 0 Å². The topological polar surface area (TPSA) is 17.1 Å². The van der Waals surface area contributed by atoms with E-state index in [1.807, 2.05) is 60.7 Å². The second-order valence-corrected chi connectivity index (χ2v) is 5.07. The summed E-state index contributed by atoms with van der Waals surface area (Å²) < 4.78 is 0. The van der Waals surface area contributed by atoms with E-state index >= 15 is 0 Å². The summed E-state index contributed by atoms with van der Waals surface area (Å²) in [7, 11) is 0. The number of rotatable bonds is 4. The molecule has 0 heterocycles. The molecule has 0 N–H and O–H groups in total. The summed E-state index contributed by atoms with van der Waals surface area (Å²) in [6.07, 6.45) is 0. The van der Waals surface area contributed by atoms with Crippen LogP contribution in [0.25, 0.3) is 5.57 Å². The lowest BCUT2D eigenvalue weighted by Gasteiger charge is -2.08. The minimum absolute atomic E-state index is 0.0694. The van der Waals surface area contributed by atoms with Gasteiger partial charge in [-0.15, -0.1) is 0 Å². The fourth-order valence-corrected chi connectivity index (χ4v) is 2.35. The van der Waals surface area contributed by atoms with Crippen molar-refractivity contribution in [3.05, 3.63) is 85.0 Å². The second kappa shape index (κ2) is 6.21. The van der Waals surface area contributed by atoms with Crippen molar-refractivity contribution in [2.24, 2.45) is 0 Å². The highest BCUT2D eigenvalue weighted by molar-refractivity contribution is 8.14. The van der Waals surface area contributed by atoms with Crippen LogP contribution in [0.1, 0.15) is 5.56 Å². The van der Waals surface area contributed by atoms with Gasteiger partial charge in [-0.3, -0.25) is 4.79 Å². The Kier molecular flexibility index (Phi) is 4.37. The summed E-state index contributed by atoms with van der Waals surface area (Å²) in [5.74, 6) is 0. The molecule has 2 aromatic carbocycles. The number of thioether (sulfide) groups is 1. The number of hydrogen-bond donors (Lipinski definition) is 0. The average molecular weight is 266 g/mol. The Morgan fingerprint density at radius 2 is 1.37 bits per heavy atom. The van der Waals surface area contributed by atoms with Crippen LogP contribution in [-0.4, -0.2) is 5.12 Å². The molecule has 0 radical (unpaired) electrons. The van der Waals surface area contributed by atoms with Gasteiger partial charge < -0.3 is 0 Å². The predicted molar refractivity (Wildman–Crippen MR) is 81.9 cm³/mol. The summed E-state index contributed by atoms with van der Waals surface area (Å²) >= 11 is 1.18. The molecular weight excluding hydrogens is 252 g/mol. The van der Waals surface area contributed by atoms with Crippen LogP contribution in [-0.2, 0) is 4.79 Å². The van der Waals surface area contributed by atoms with E-state index in [0.717, 1.165) is 10.5 Å². The van der Waals surface area contributed by atoms with Gasteiger partial charge in [-0.2, -0.15) is 0 Å². The first-order chi connectivity index (χ1) is 9.18. The molecule has 1 nitrogen and oxygen atoms in total. The number of benzene rings is 2. The van der Waals surface area contributed by atoms with E-state index in [2.05, 4.69) is 13.2 Å². The Labute approximate surface area is 117 Å². The third-order valence-corrected chi connectivity index (χ3v) is 3.63. The lowest BCUT2D eigenvalue weighted by Crippen LogP contribution is -1.98. The van der Waals surface area contributed by atoms with Gasteiger partial charge in [0.2, 0.25) is 5.12 Å². The van der Waals surface area contributed by atoms with Gasteiger partial charge in [-0.05, 0) is 35.0 Å². The van der Waals surface area contributed by atoms with Gasteiger partial charge in [0.05, 0.1) is 0 Å². The van der Waals surface area contributed by atoms with Gasteiger partial charge in [0.1, 0.15) is 0 Å². The molecule has 0 aliphatic rings. The number of carbonyl (C=O) groups is 1. The van der Waals surface area contributed by atoms with E-state index in [9.17, 15) is 4.79 Å². The molecule has 0 unspecified atom stereocenters. The average Bonchev–Trinajstić information content (AvgIpc) is 2.47. The molecule has 0 aliphatic heterocycles. The van der Waals surface area contributed by atoms with Crippen LogP contribution < -0.4 is 0 Å². The van der Waals surface area contributed by atoms with Gasteiger partial charge in [0, 0.05) is 10.5 Å². The Bertz CT molecular complexity index is 600. The van der Waals surface area contributed by atoms with Crippen molar-refractivity contribution >= 4 is 22.5 Å². The molecule has 0 bridgehead atoms. The Morgan fingerprint density at radius 1 is 0.842 bits per heavy atom. The molecule has 94 valence electrons. The quantitative estimate of drug-likeness (QED) is 0.458. The molecule has 0 spiro atoms. The van der Waals surface area contributed by atoms with Crippen molar-refractivity contribution in [3.63, 3.8) is 0 Å². The standard InChI is InChI=1S/C17H14OS/c1-13(15-9-5-3-6-10-15)14(2)17(18)19-16-11-7-4-8-12-16/h3-12H,1-2H2. The van der Waals surface area contributed by atoms with Gasteiger partial charge in [0.25, 0.3) is 0 Å². The van der Waals surface area contributed by atoms with E-state index < -0.39 is 0 Å². The molecule has 2 rings (SSSR count). The van der Waals surface area contributed by atoms with Crippen molar-refractivity contribution in [2.75, 3.05) is 0 Å². The largest absolute Gasteiger partial charge is 0.281 e. The lowest BCUT2D eigenvalue weighted by molar-refractivity contribution is -0.107. The molecule has 0 saturated carbocycles. The third-order valence-electron chi connectivity index (χ3n) is 2.69. The van der Waals surface area contributed by atoms with Crippen LogP contribution in [0.3, 0.4) is 0 Å². The van der Waals surface area contributed by atoms with Crippen molar-refractivity contribution in [2.45, 2.75) is 4.90 Å². The monoisotopic (exact) mass is 266 g/mol. The second-order valence-electron chi connectivity index (χ2n) is 4.03. The smallest absolute Gasteiger partial charge is 0.224 e. The first kappa shape index (κ1) is 13.4. The molecule has 19 heavy (non-hydrogen) atoms. The highest BCUT2D eigenvalue weighted by Gasteiger charge is 2.13. The summed E-state index contributed by atoms with van der Waals surface area (Å²) in [5, 5.41) is -0.0694. The minimum atomic E-state index is -0.0694. The highest BCUT2D eigenvalue weighted by atomic mass is 32.2. The maximum absolute atomic E-state index is 12.1. The molecule has 0 fully saturated rings. The molecule has 0 aliphatic carbocycles. The minimum Gasteiger partial charge on any atom is -0.281 e. The normalized spacial score (nSPS) is 9.89. The third kappa shape index (κ3) is 3.46. The molecule has 0 amide bonds. The first-order valence-corrected chi connectivity index (χ1v) is 6.71. The van der Waals surface area contributed by atoms with E-state index in [0.29, 0.717) is 11.1 Å². The molecule has 0 aromatic heterocycles. The van der Waals surface area contributed by atoms with Crippen molar-refractivity contribution < 1.29 is 4.79 Å². The summed E-state index contributed by atoms with van der Waals surface area (Å²) in [6, 6.07) is 19.2. The van der Waals surface area contributed by atoms with Crippen LogP contribution in [0.4, 0.5) is 0 Å². The van der Waals surface area contributed by atoms with Crippen LogP contribution in [0, 0.1) is 0 Å². The zero-order chi connectivity index (χ0) is 13.7. The van der Waals surface area contributed by atoms with Gasteiger partial charge >= 0.3 is 0 Å². The summed E-state index contributed by atoms with van der Waals surface area (Å²) in [4.78, 5) is 13.0. The molecule has 2 heteroatoms. The number of allylic oxidation sites excluding steroid dienone is 1. The Balaban J connectivity index is 2.08. The maximum Gasteiger partial charge on any atom is 0.224 e. The maximum atomic E-state index is 12.1. The fraction of sp³-hybridized carbons (Fsp3) is 0. The predicted octanol–water partition coefficient (Wildman–Crippen LogP) is 4.57. The van der Waals surface area contributed by atoms with E-state index in [1.54, 1.807) is 0 Å². The number of hydrogen-bond acceptors (Lipinski definition) is 2. The molecule has 0 saturated heterocycles. The van der Waals surface area contributed by atoms with E-state index in [4.69, 9.17) is 0 Å². The van der Waals surface area contributed by atoms with E-state index in [-0.39, 0.29) is 5.12 Å². The van der Waals surface area contributed by atoms with Gasteiger partial charge in [0.15, 0.2) is 0 Å². The molecular formula is C17H14OS. The van der Waals surface area contributed by atoms with Crippen LogP contribution in [0.5, 0.6) is 0 Å². The van der Waals surface area contributed by atoms with Crippen LogP contribution >= 0.6 is 11.8 Å². The van der Waals surface area contributed by atoms with Gasteiger partial charge in [-0.1, -0.05) is 61.7 Å². The Morgan fingerprint density at radius 3 is 1.95 bits per heavy atom. The Hall–Kier alpha value is -2.06. The lowest BCUT2D eigenvalue weighted by atomic mass is 10.0. The fourth-order valence-electron chi connectivity index (χ4n) is 1.59. The summed E-state index contributed by atoms with van der Waals surface area (Å²) in [5.41, 5.74) is 2.04. The first-order valence-electron chi connectivity index (χ1n) is 5.89.